The van der Waals surface area contributed by atoms with E-state index in [1.54, 1.807) is 7.11 Å². The van der Waals surface area contributed by atoms with Gasteiger partial charge in [0.1, 0.15) is 11.6 Å². The second kappa shape index (κ2) is 8.82. The lowest BCUT2D eigenvalue weighted by molar-refractivity contribution is 0.413. The second-order valence-electron chi connectivity index (χ2n) is 7.23. The van der Waals surface area contributed by atoms with Gasteiger partial charge >= 0.3 is 0 Å². The van der Waals surface area contributed by atoms with Crippen LogP contribution in [-0.2, 0) is 6.54 Å². The van der Waals surface area contributed by atoms with Crippen molar-refractivity contribution in [3.8, 4) is 5.75 Å². The molecule has 1 saturated heterocycles. The molecule has 1 N–H and O–H groups in total. The smallest absolute Gasteiger partial charge is 0.227 e. The highest BCUT2D eigenvalue weighted by Crippen LogP contribution is 2.28. The van der Waals surface area contributed by atoms with Crippen LogP contribution in [0.4, 0.5) is 17.5 Å². The minimum Gasteiger partial charge on any atom is -0.495 e. The summed E-state index contributed by atoms with van der Waals surface area (Å²) >= 11 is 0. The summed E-state index contributed by atoms with van der Waals surface area (Å²) in [5, 5.41) is 3.41. The summed E-state index contributed by atoms with van der Waals surface area (Å²) in [5.74, 6) is 2.54. The van der Waals surface area contributed by atoms with E-state index in [9.17, 15) is 0 Å². The van der Waals surface area contributed by atoms with E-state index in [0.29, 0.717) is 0 Å². The molecule has 150 valence electrons. The average Bonchev–Trinajstić information content (AvgIpc) is 2.78. The zero-order valence-electron chi connectivity index (χ0n) is 17.0. The number of ether oxygens (including phenoxy) is 1. The van der Waals surface area contributed by atoms with Crippen molar-refractivity contribution >= 4 is 17.5 Å². The monoisotopic (exact) mass is 389 g/mol. The first-order valence-corrected chi connectivity index (χ1v) is 9.98. The molecule has 0 amide bonds. The number of rotatable bonds is 6. The van der Waals surface area contributed by atoms with E-state index in [-0.39, 0.29) is 0 Å². The predicted octanol–water partition coefficient (Wildman–Crippen LogP) is 3.73. The van der Waals surface area contributed by atoms with Crippen LogP contribution in [0.15, 0.2) is 60.8 Å². The molecule has 0 atom stereocenters. The van der Waals surface area contributed by atoms with E-state index in [4.69, 9.17) is 9.72 Å². The van der Waals surface area contributed by atoms with E-state index in [2.05, 4.69) is 63.4 Å². The highest BCUT2D eigenvalue weighted by atomic mass is 16.5. The van der Waals surface area contributed by atoms with Crippen molar-refractivity contribution in [2.75, 3.05) is 48.4 Å². The number of aromatic nitrogens is 2. The van der Waals surface area contributed by atoms with Crippen LogP contribution in [0.25, 0.3) is 0 Å². The third-order valence-corrected chi connectivity index (χ3v) is 5.19. The Morgan fingerprint density at radius 1 is 0.966 bits per heavy atom. The van der Waals surface area contributed by atoms with E-state index >= 15 is 0 Å². The van der Waals surface area contributed by atoms with E-state index in [0.717, 1.165) is 55.9 Å². The van der Waals surface area contributed by atoms with Gasteiger partial charge in [0.25, 0.3) is 0 Å². The van der Waals surface area contributed by atoms with Gasteiger partial charge in [-0.2, -0.15) is 4.98 Å². The number of hydrogen-bond donors (Lipinski definition) is 1. The summed E-state index contributed by atoms with van der Waals surface area (Å²) in [6, 6.07) is 18.6. The SMILES string of the molecule is COc1ccccc1N1CCN(c2nccc(NCc3cccc(C)c3)n2)CC1. The van der Waals surface area contributed by atoms with Gasteiger partial charge in [-0.25, -0.2) is 4.98 Å². The molecule has 0 saturated carbocycles. The van der Waals surface area contributed by atoms with E-state index in [1.165, 1.54) is 11.1 Å². The summed E-state index contributed by atoms with van der Waals surface area (Å²) < 4.78 is 5.51. The maximum absolute atomic E-state index is 5.51. The fraction of sp³-hybridized carbons (Fsp3) is 0.304. The van der Waals surface area contributed by atoms with Crippen molar-refractivity contribution in [2.24, 2.45) is 0 Å². The quantitative estimate of drug-likeness (QED) is 0.693. The Morgan fingerprint density at radius 2 is 1.76 bits per heavy atom. The van der Waals surface area contributed by atoms with Gasteiger partial charge in [-0.3, -0.25) is 0 Å². The first-order valence-electron chi connectivity index (χ1n) is 9.98. The van der Waals surface area contributed by atoms with Gasteiger partial charge in [0.15, 0.2) is 0 Å². The molecule has 0 unspecified atom stereocenters. The molecule has 0 aliphatic carbocycles. The minimum atomic E-state index is 0.750. The summed E-state index contributed by atoms with van der Waals surface area (Å²) in [4.78, 5) is 13.8. The molecular weight excluding hydrogens is 362 g/mol. The summed E-state index contributed by atoms with van der Waals surface area (Å²) in [6.07, 6.45) is 1.83. The topological polar surface area (TPSA) is 53.5 Å². The largest absolute Gasteiger partial charge is 0.495 e. The molecule has 1 aliphatic heterocycles. The van der Waals surface area contributed by atoms with Gasteiger partial charge in [-0.1, -0.05) is 42.0 Å². The lowest BCUT2D eigenvalue weighted by Gasteiger charge is -2.36. The standard InChI is InChI=1S/C23H27N5O/c1-18-6-5-7-19(16-18)17-25-22-10-11-24-23(26-22)28-14-12-27(13-15-28)20-8-3-4-9-21(20)29-2/h3-11,16H,12-15,17H2,1-2H3,(H,24,25,26). The lowest BCUT2D eigenvalue weighted by Crippen LogP contribution is -2.47. The molecule has 0 radical (unpaired) electrons. The van der Waals surface area contributed by atoms with Gasteiger partial charge < -0.3 is 19.9 Å². The number of aryl methyl sites for hydroxylation is 1. The molecular formula is C23H27N5O. The number of nitrogens with zero attached hydrogens (tertiary/aromatic N) is 4. The zero-order chi connectivity index (χ0) is 20.1. The Morgan fingerprint density at radius 3 is 2.55 bits per heavy atom. The second-order valence-corrected chi connectivity index (χ2v) is 7.23. The summed E-state index contributed by atoms with van der Waals surface area (Å²) in [7, 11) is 1.72. The summed E-state index contributed by atoms with van der Waals surface area (Å²) in [6.45, 7) is 6.42. The maximum Gasteiger partial charge on any atom is 0.227 e. The third-order valence-electron chi connectivity index (χ3n) is 5.19. The molecule has 0 bridgehead atoms. The first-order chi connectivity index (χ1) is 14.2. The van der Waals surface area contributed by atoms with Crippen LogP contribution in [-0.4, -0.2) is 43.3 Å². The van der Waals surface area contributed by atoms with Crippen LogP contribution >= 0.6 is 0 Å². The lowest BCUT2D eigenvalue weighted by atomic mass is 10.1. The number of nitrogens with one attached hydrogen (secondary N) is 1. The number of piperazine rings is 1. The van der Waals surface area contributed by atoms with Crippen LogP contribution < -0.4 is 19.9 Å². The fourth-order valence-electron chi connectivity index (χ4n) is 3.65. The van der Waals surface area contributed by atoms with Gasteiger partial charge in [0, 0.05) is 38.9 Å². The number of para-hydroxylation sites is 2. The van der Waals surface area contributed by atoms with Gasteiger partial charge in [-0.05, 0) is 30.7 Å². The Hall–Kier alpha value is -3.28. The molecule has 29 heavy (non-hydrogen) atoms. The highest BCUT2D eigenvalue weighted by molar-refractivity contribution is 5.59. The molecule has 3 aromatic rings. The number of benzene rings is 2. The van der Waals surface area contributed by atoms with Crippen LogP contribution in [0, 0.1) is 6.92 Å². The summed E-state index contributed by atoms with van der Waals surface area (Å²) in [5.41, 5.74) is 3.65. The predicted molar refractivity (Wildman–Crippen MR) is 118 cm³/mol. The molecule has 1 aromatic heterocycles. The van der Waals surface area contributed by atoms with E-state index in [1.807, 2.05) is 24.4 Å². The van der Waals surface area contributed by atoms with Crippen LogP contribution in [0.5, 0.6) is 5.75 Å². The van der Waals surface area contributed by atoms with Crippen molar-refractivity contribution in [1.29, 1.82) is 0 Å². The Labute approximate surface area is 172 Å². The van der Waals surface area contributed by atoms with Crippen molar-refractivity contribution in [1.82, 2.24) is 9.97 Å². The molecule has 4 rings (SSSR count). The van der Waals surface area contributed by atoms with Crippen LogP contribution in [0.1, 0.15) is 11.1 Å². The average molecular weight is 390 g/mol. The highest BCUT2D eigenvalue weighted by Gasteiger charge is 2.21. The van der Waals surface area contributed by atoms with E-state index < -0.39 is 0 Å². The Bertz CT molecular complexity index is 953. The maximum atomic E-state index is 5.51. The molecule has 0 spiro atoms. The number of methoxy groups -OCH3 is 1. The van der Waals surface area contributed by atoms with Crippen molar-refractivity contribution in [2.45, 2.75) is 13.5 Å². The molecule has 6 nitrogen and oxygen atoms in total. The molecule has 6 heteroatoms. The Balaban J connectivity index is 1.38. The minimum absolute atomic E-state index is 0.750. The van der Waals surface area contributed by atoms with Crippen LogP contribution in [0.3, 0.4) is 0 Å². The molecule has 2 heterocycles. The van der Waals surface area contributed by atoms with Gasteiger partial charge in [-0.15, -0.1) is 0 Å². The zero-order valence-corrected chi connectivity index (χ0v) is 17.0. The molecule has 1 aliphatic rings. The van der Waals surface area contributed by atoms with Crippen LogP contribution in [0.2, 0.25) is 0 Å². The molecule has 2 aromatic carbocycles. The Kier molecular flexibility index (Phi) is 5.79. The van der Waals surface area contributed by atoms with Crippen molar-refractivity contribution in [3.05, 3.63) is 71.9 Å². The van der Waals surface area contributed by atoms with Gasteiger partial charge in [0.2, 0.25) is 5.95 Å². The fourth-order valence-corrected chi connectivity index (χ4v) is 3.65. The van der Waals surface area contributed by atoms with Gasteiger partial charge in [0.05, 0.1) is 12.8 Å². The number of anilines is 3. The third kappa shape index (κ3) is 4.59. The normalized spacial score (nSPS) is 14.0. The molecule has 1 fully saturated rings. The first kappa shape index (κ1) is 19.1. The van der Waals surface area contributed by atoms with Crippen molar-refractivity contribution in [3.63, 3.8) is 0 Å². The van der Waals surface area contributed by atoms with Crippen molar-refractivity contribution < 1.29 is 4.74 Å². The number of hydrogen-bond acceptors (Lipinski definition) is 6.